The Balaban J connectivity index is 1.47. The molecule has 2 fully saturated rings. The minimum atomic E-state index is -2.38. The molecule has 0 aromatic heterocycles. The van der Waals surface area contributed by atoms with Crippen LogP contribution in [-0.4, -0.2) is 120 Å². The average molecular weight is 933 g/mol. The maximum Gasteiger partial charge on any atom is 0.322 e. The van der Waals surface area contributed by atoms with Gasteiger partial charge in [0.05, 0.1) is 11.8 Å². The van der Waals surface area contributed by atoms with Crippen molar-refractivity contribution in [2.45, 2.75) is 130 Å². The third kappa shape index (κ3) is 14.9. The van der Waals surface area contributed by atoms with E-state index in [1.54, 1.807) is 62.5 Å². The first-order valence-corrected chi connectivity index (χ1v) is 22.6. The van der Waals surface area contributed by atoms with E-state index >= 15 is 0 Å². The molecule has 0 saturated carbocycles. The molecule has 9 unspecified atom stereocenters. The van der Waals surface area contributed by atoms with Crippen molar-refractivity contribution in [2.75, 3.05) is 18.4 Å². The van der Waals surface area contributed by atoms with E-state index in [1.807, 2.05) is 58.1 Å². The van der Waals surface area contributed by atoms with E-state index in [2.05, 4.69) is 42.0 Å². The van der Waals surface area contributed by atoms with E-state index in [-0.39, 0.29) is 24.9 Å². The maximum absolute atomic E-state index is 14.6. The number of carbonyl (C=O) groups is 8. The summed E-state index contributed by atoms with van der Waals surface area (Å²) in [6, 6.07) is 7.42. The Morgan fingerprint density at radius 2 is 1.49 bits per heavy atom. The fourth-order valence-electron chi connectivity index (χ4n) is 7.21. The van der Waals surface area contributed by atoms with Crippen LogP contribution in [-0.2, 0) is 40.0 Å². The highest BCUT2D eigenvalue weighted by Gasteiger charge is 2.42. The van der Waals surface area contributed by atoms with Crippen molar-refractivity contribution in [3.8, 4) is 0 Å². The zero-order valence-electron chi connectivity index (χ0n) is 39.3. The number of nitrogens with zero attached hydrogens (tertiary/aromatic N) is 4. The van der Waals surface area contributed by atoms with Gasteiger partial charge in [0.2, 0.25) is 41.6 Å². The quantitative estimate of drug-likeness (QED) is 0.0517. The molecule has 9 amide bonds. The summed E-state index contributed by atoms with van der Waals surface area (Å²) in [6.07, 6.45) is -0.514. The molecular weight excluding hydrogens is 868 g/mol. The zero-order valence-corrected chi connectivity index (χ0v) is 39.3. The van der Waals surface area contributed by atoms with Crippen LogP contribution in [0.1, 0.15) is 85.8 Å². The van der Waals surface area contributed by atoms with Gasteiger partial charge < -0.3 is 42.5 Å². The molecule has 0 radical (unpaired) electrons. The Kier molecular flexibility index (Phi) is 19.6. The van der Waals surface area contributed by atoms with Crippen molar-refractivity contribution in [2.24, 2.45) is 38.9 Å². The van der Waals surface area contributed by atoms with Gasteiger partial charge in [-0.15, -0.1) is 5.10 Å². The number of carbonyl (C=O) groups excluding carboxylic acids is 8. The van der Waals surface area contributed by atoms with Crippen molar-refractivity contribution in [3.63, 3.8) is 0 Å². The summed E-state index contributed by atoms with van der Waals surface area (Å²) in [5.41, 5.74) is 8.72. The third-order valence-corrected chi connectivity index (χ3v) is 11.9. The Labute approximate surface area is 390 Å². The molecule has 9 N–H and O–H groups in total. The number of anilines is 1. The van der Waals surface area contributed by atoms with Crippen LogP contribution < -0.4 is 43.0 Å². The van der Waals surface area contributed by atoms with Gasteiger partial charge in [-0.3, -0.25) is 38.9 Å². The Bertz CT molecular complexity index is 2150. The summed E-state index contributed by atoms with van der Waals surface area (Å²) in [5.74, 6) is -6.69. The lowest BCUT2D eigenvalue weighted by Gasteiger charge is -2.33. The zero-order chi connectivity index (χ0) is 49.5. The number of benzene rings is 2. The monoisotopic (exact) mass is 933 g/mol. The largest absolute Gasteiger partial charge is 0.352 e. The first-order chi connectivity index (χ1) is 31.7. The van der Waals surface area contributed by atoms with Crippen LogP contribution >= 0.6 is 0 Å². The Hall–Kier alpha value is -6.64. The minimum Gasteiger partial charge on any atom is -0.352 e. The van der Waals surface area contributed by atoms with Gasteiger partial charge in [0.1, 0.15) is 36.3 Å². The van der Waals surface area contributed by atoms with Crippen LogP contribution in [0.3, 0.4) is 0 Å². The molecule has 0 spiro atoms. The molecular formula is C46H65FN12O8. The van der Waals surface area contributed by atoms with Gasteiger partial charge in [0, 0.05) is 25.2 Å². The van der Waals surface area contributed by atoms with Gasteiger partial charge in [0.25, 0.3) is 5.91 Å². The van der Waals surface area contributed by atoms with Crippen LogP contribution in [0.2, 0.25) is 0 Å². The number of urea groups is 1. The molecule has 2 saturated heterocycles. The molecule has 0 bridgehead atoms. The molecule has 67 heavy (non-hydrogen) atoms. The van der Waals surface area contributed by atoms with E-state index in [1.165, 1.54) is 4.90 Å². The summed E-state index contributed by atoms with van der Waals surface area (Å²) in [7, 11) is 0. The number of alkyl halides is 1. The molecule has 2 aliphatic rings. The van der Waals surface area contributed by atoms with E-state index in [0.717, 1.165) is 17.5 Å². The van der Waals surface area contributed by atoms with Gasteiger partial charge in [-0.2, -0.15) is 5.11 Å². The normalized spacial score (nSPS) is 20.2. The predicted molar refractivity (Wildman–Crippen MR) is 248 cm³/mol. The Morgan fingerprint density at radius 3 is 2.12 bits per heavy atom. The fraction of sp³-hybridized carbons (Fsp3) is 0.543. The summed E-state index contributed by atoms with van der Waals surface area (Å²) in [5, 5.41) is 29.3. The molecule has 2 aromatic carbocycles. The SMILES string of the molecule is CCC(C)N=N/N=C(/C)c1ccc(NC(=O)C2CCCN2C(=O)C(Cc2ccccc2)NC(=O)C(NC(=O)C(NC(=O)C(N)CNC(=O)C2NC(=O)NC(=O)C2F)C(C)C)C(C)C(C)C)cc1. The first-order valence-electron chi connectivity index (χ1n) is 22.6. The van der Waals surface area contributed by atoms with Gasteiger partial charge in [-0.25, -0.2) is 9.18 Å². The number of nitrogens with two attached hydrogens (primary N) is 1. The van der Waals surface area contributed by atoms with E-state index < -0.39 is 108 Å². The summed E-state index contributed by atoms with van der Waals surface area (Å²) >= 11 is 0. The lowest BCUT2D eigenvalue weighted by Crippen LogP contribution is -2.65. The van der Waals surface area contributed by atoms with Crippen molar-refractivity contribution in [1.29, 1.82) is 0 Å². The number of likely N-dealkylation sites (tertiary alicyclic amines) is 1. The molecule has 20 nitrogen and oxygen atoms in total. The first kappa shape index (κ1) is 53.0. The van der Waals surface area contributed by atoms with Gasteiger partial charge in [-0.1, -0.05) is 84.0 Å². The number of nitrogens with one attached hydrogen (secondary N) is 7. The highest BCUT2D eigenvalue weighted by Crippen LogP contribution is 2.23. The molecule has 21 heteroatoms. The van der Waals surface area contributed by atoms with Crippen molar-refractivity contribution in [3.05, 3.63) is 65.7 Å². The average Bonchev–Trinajstić information content (AvgIpc) is 3.80. The summed E-state index contributed by atoms with van der Waals surface area (Å²) in [6.45, 7) is 14.3. The van der Waals surface area contributed by atoms with Crippen molar-refractivity contribution < 1.29 is 42.7 Å². The topological polar surface area (TPSA) is 287 Å². The maximum atomic E-state index is 14.6. The molecule has 2 aromatic rings. The van der Waals surface area contributed by atoms with Crippen LogP contribution in [0.4, 0.5) is 14.9 Å². The number of rotatable bonds is 21. The van der Waals surface area contributed by atoms with Gasteiger partial charge >= 0.3 is 6.03 Å². The van der Waals surface area contributed by atoms with E-state index in [4.69, 9.17) is 5.73 Å². The van der Waals surface area contributed by atoms with Gasteiger partial charge in [0.15, 0.2) is 0 Å². The number of imide groups is 1. The standard InChI is InChI=1S/C46H65FN12O8/c1-9-26(6)56-58-57-28(8)30-17-19-31(20-18-30)50-40(61)34-16-13-21-59(34)45(66)33(22-29-14-11-10-12-15-29)51-44(65)37(27(7)24(2)3)53-43(64)36(25(4)5)52-39(60)32(48)23-49-42(63)38-35(47)41(62)55-46(67)54-38/h10-12,14-15,17-20,24-27,32-38H,9,13,16,21-23,48H2,1-8H3,(H,49,63)(H,50,61)(H,51,65)(H,52,60)(H,53,64)(H2,54,55,62,67)/b57-28-,58-56?. The second kappa shape index (κ2) is 24.8. The third-order valence-electron chi connectivity index (χ3n) is 11.9. The van der Waals surface area contributed by atoms with Crippen LogP contribution in [0, 0.1) is 17.8 Å². The number of hydrogen-bond donors (Lipinski definition) is 8. The van der Waals surface area contributed by atoms with E-state index in [0.29, 0.717) is 24.2 Å². The molecule has 2 aliphatic heterocycles. The number of hydrogen-bond acceptors (Lipinski definition) is 11. The van der Waals surface area contributed by atoms with Crippen LogP contribution in [0.25, 0.3) is 0 Å². The summed E-state index contributed by atoms with van der Waals surface area (Å²) in [4.78, 5) is 107. The molecule has 0 aliphatic carbocycles. The molecule has 9 atom stereocenters. The van der Waals surface area contributed by atoms with Crippen LogP contribution in [0.5, 0.6) is 0 Å². The molecule has 2 heterocycles. The lowest BCUT2D eigenvalue weighted by atomic mass is 9.88. The summed E-state index contributed by atoms with van der Waals surface area (Å²) < 4.78 is 14.3. The van der Waals surface area contributed by atoms with Crippen molar-refractivity contribution in [1.82, 2.24) is 36.8 Å². The highest BCUT2D eigenvalue weighted by atomic mass is 19.1. The second-order valence-corrected chi connectivity index (χ2v) is 17.7. The molecule has 364 valence electrons. The Morgan fingerprint density at radius 1 is 0.851 bits per heavy atom. The highest BCUT2D eigenvalue weighted by molar-refractivity contribution is 6.05. The van der Waals surface area contributed by atoms with E-state index in [9.17, 15) is 42.7 Å². The number of amides is 9. The molecule has 4 rings (SSSR count). The fourth-order valence-corrected chi connectivity index (χ4v) is 7.21. The minimum absolute atomic E-state index is 0.0564. The van der Waals surface area contributed by atoms with Gasteiger partial charge in [-0.05, 0) is 79.3 Å². The number of halogens is 1. The second-order valence-electron chi connectivity index (χ2n) is 17.7. The predicted octanol–water partition coefficient (Wildman–Crippen LogP) is 2.23. The lowest BCUT2D eigenvalue weighted by molar-refractivity contribution is -0.141. The van der Waals surface area contributed by atoms with Crippen LogP contribution in [0.15, 0.2) is 70.0 Å². The smallest absolute Gasteiger partial charge is 0.322 e. The van der Waals surface area contributed by atoms with Crippen molar-refractivity contribution >= 4 is 58.8 Å².